The molecule has 118 valence electrons. The largest absolute Gasteiger partial charge is 0.416 e. The molecule has 1 aromatic carbocycles. The van der Waals surface area contributed by atoms with Crippen LogP contribution in [0.2, 0.25) is 0 Å². The van der Waals surface area contributed by atoms with Crippen LogP contribution < -0.4 is 10.0 Å². The quantitative estimate of drug-likeness (QED) is 0.899. The van der Waals surface area contributed by atoms with Gasteiger partial charge in [0.25, 0.3) is 0 Å². The van der Waals surface area contributed by atoms with Crippen molar-refractivity contribution in [2.75, 3.05) is 17.8 Å². The summed E-state index contributed by atoms with van der Waals surface area (Å²) in [4.78, 5) is 0. The fourth-order valence-electron chi connectivity index (χ4n) is 2.23. The van der Waals surface area contributed by atoms with Gasteiger partial charge >= 0.3 is 6.18 Å². The highest BCUT2D eigenvalue weighted by atomic mass is 32.2. The molecule has 0 saturated carbocycles. The molecule has 21 heavy (non-hydrogen) atoms. The Labute approximate surface area is 121 Å². The monoisotopic (exact) mass is 322 g/mol. The molecule has 2 N–H and O–H groups in total. The molecule has 2 rings (SSSR count). The van der Waals surface area contributed by atoms with Gasteiger partial charge in [-0.15, -0.1) is 0 Å². The minimum Gasteiger partial charge on any atom is -0.315 e. The summed E-state index contributed by atoms with van der Waals surface area (Å²) < 4.78 is 64.9. The first-order chi connectivity index (χ1) is 9.70. The first-order valence-corrected chi connectivity index (χ1v) is 8.15. The van der Waals surface area contributed by atoms with Gasteiger partial charge in [0, 0.05) is 6.54 Å². The van der Waals surface area contributed by atoms with Gasteiger partial charge in [0.15, 0.2) is 0 Å². The number of hydrogen-bond donors (Lipinski definition) is 2. The zero-order valence-electron chi connectivity index (χ0n) is 11.5. The maximum absolute atomic E-state index is 12.7. The van der Waals surface area contributed by atoms with E-state index in [2.05, 4.69) is 10.0 Å². The highest BCUT2D eigenvalue weighted by molar-refractivity contribution is 7.93. The van der Waals surface area contributed by atoms with Crippen molar-refractivity contribution in [3.63, 3.8) is 0 Å². The first kappa shape index (κ1) is 16.1. The summed E-state index contributed by atoms with van der Waals surface area (Å²) in [6, 6.07) is 3.04. The van der Waals surface area contributed by atoms with Crippen LogP contribution in [-0.4, -0.2) is 26.8 Å². The summed E-state index contributed by atoms with van der Waals surface area (Å²) >= 11 is 0. The Hall–Kier alpha value is -1.28. The van der Waals surface area contributed by atoms with Crippen LogP contribution in [0.5, 0.6) is 0 Å². The fraction of sp³-hybridized carbons (Fsp3) is 0.538. The molecular weight excluding hydrogens is 305 g/mol. The number of halogens is 3. The average molecular weight is 322 g/mol. The van der Waals surface area contributed by atoms with Gasteiger partial charge < -0.3 is 5.32 Å². The van der Waals surface area contributed by atoms with E-state index in [-0.39, 0.29) is 5.69 Å². The molecule has 1 unspecified atom stereocenters. The molecule has 0 spiro atoms. The van der Waals surface area contributed by atoms with Crippen molar-refractivity contribution < 1.29 is 21.6 Å². The van der Waals surface area contributed by atoms with Crippen LogP contribution in [-0.2, 0) is 16.2 Å². The predicted molar refractivity (Wildman–Crippen MR) is 74.6 cm³/mol. The summed E-state index contributed by atoms with van der Waals surface area (Å²) in [5, 5.41) is 2.35. The van der Waals surface area contributed by atoms with Crippen molar-refractivity contribution in [1.29, 1.82) is 0 Å². The van der Waals surface area contributed by atoms with Crippen LogP contribution in [0.1, 0.15) is 24.0 Å². The maximum Gasteiger partial charge on any atom is 0.416 e. The molecule has 0 bridgehead atoms. The molecule has 1 aliphatic heterocycles. The molecule has 4 nitrogen and oxygen atoms in total. The lowest BCUT2D eigenvalue weighted by Gasteiger charge is -2.24. The topological polar surface area (TPSA) is 58.2 Å². The Kier molecular flexibility index (Phi) is 4.48. The molecule has 8 heteroatoms. The highest BCUT2D eigenvalue weighted by Gasteiger charge is 2.32. The van der Waals surface area contributed by atoms with Crippen LogP contribution in [0.15, 0.2) is 18.2 Å². The van der Waals surface area contributed by atoms with Gasteiger partial charge in [-0.25, -0.2) is 8.42 Å². The predicted octanol–water partition coefficient (Wildman–Crippen LogP) is 2.51. The molecular formula is C13H17F3N2O2S. The molecule has 1 heterocycles. The second kappa shape index (κ2) is 5.84. The minimum atomic E-state index is -4.50. The standard InChI is InChI=1S/C13H17F3N2O2S/c1-9-4-5-10(13(14,15)16)7-12(9)18-21(19,20)11-3-2-6-17-8-11/h4-5,7,11,17-18H,2-3,6,8H2,1H3. The van der Waals surface area contributed by atoms with E-state index in [1.807, 2.05) is 0 Å². The SMILES string of the molecule is Cc1ccc(C(F)(F)F)cc1NS(=O)(=O)C1CCCNC1. The summed E-state index contributed by atoms with van der Waals surface area (Å²) in [5.41, 5.74) is -0.432. The molecule has 1 atom stereocenters. The van der Waals surface area contributed by atoms with Gasteiger partial charge in [0.05, 0.1) is 16.5 Å². The van der Waals surface area contributed by atoms with Gasteiger partial charge in [0.2, 0.25) is 10.0 Å². The fourth-order valence-corrected chi connectivity index (χ4v) is 3.74. The Morgan fingerprint density at radius 2 is 2.05 bits per heavy atom. The molecule has 1 fully saturated rings. The molecule has 1 aromatic rings. The smallest absolute Gasteiger partial charge is 0.315 e. The third-order valence-electron chi connectivity index (χ3n) is 3.51. The van der Waals surface area contributed by atoms with Crippen molar-refractivity contribution in [3.8, 4) is 0 Å². The minimum absolute atomic E-state index is 0.0181. The van der Waals surface area contributed by atoms with E-state index >= 15 is 0 Å². The van der Waals surface area contributed by atoms with Crippen LogP contribution >= 0.6 is 0 Å². The molecule has 0 radical (unpaired) electrons. The van der Waals surface area contributed by atoms with Gasteiger partial charge in [-0.1, -0.05) is 6.07 Å². The van der Waals surface area contributed by atoms with Gasteiger partial charge in [-0.05, 0) is 44.0 Å². The third-order valence-corrected chi connectivity index (χ3v) is 5.29. The number of alkyl halides is 3. The van der Waals surface area contributed by atoms with Crippen molar-refractivity contribution in [2.45, 2.75) is 31.2 Å². The third kappa shape index (κ3) is 3.88. The van der Waals surface area contributed by atoms with E-state index in [4.69, 9.17) is 0 Å². The van der Waals surface area contributed by atoms with Crippen molar-refractivity contribution in [2.24, 2.45) is 0 Å². The summed E-state index contributed by atoms with van der Waals surface area (Å²) in [6.07, 6.45) is -3.27. The number of benzene rings is 1. The van der Waals surface area contributed by atoms with Gasteiger partial charge in [-0.2, -0.15) is 13.2 Å². The Bertz CT molecular complexity index is 608. The lowest BCUT2D eigenvalue weighted by atomic mass is 10.1. The van der Waals surface area contributed by atoms with Crippen molar-refractivity contribution >= 4 is 15.7 Å². The van der Waals surface area contributed by atoms with Crippen molar-refractivity contribution in [1.82, 2.24) is 5.32 Å². The van der Waals surface area contributed by atoms with Crippen LogP contribution in [0, 0.1) is 6.92 Å². The van der Waals surface area contributed by atoms with E-state index in [1.54, 1.807) is 6.92 Å². The number of piperidine rings is 1. The highest BCUT2D eigenvalue weighted by Crippen LogP contribution is 2.32. The first-order valence-electron chi connectivity index (χ1n) is 6.60. The summed E-state index contributed by atoms with van der Waals surface area (Å²) in [7, 11) is -3.70. The summed E-state index contributed by atoms with van der Waals surface area (Å²) in [6.45, 7) is 2.64. The maximum atomic E-state index is 12.7. The average Bonchev–Trinajstić information content (AvgIpc) is 2.41. The lowest BCUT2D eigenvalue weighted by molar-refractivity contribution is -0.137. The normalized spacial score (nSPS) is 20.3. The zero-order chi connectivity index (χ0) is 15.7. The van der Waals surface area contributed by atoms with E-state index < -0.39 is 27.0 Å². The number of aryl methyl sites for hydroxylation is 1. The van der Waals surface area contributed by atoms with Gasteiger partial charge in [0.1, 0.15) is 0 Å². The Morgan fingerprint density at radius 1 is 1.33 bits per heavy atom. The molecule has 0 amide bonds. The van der Waals surface area contributed by atoms with Gasteiger partial charge in [-0.3, -0.25) is 4.72 Å². The number of anilines is 1. The Balaban J connectivity index is 2.26. The number of rotatable bonds is 3. The number of hydrogen-bond acceptors (Lipinski definition) is 3. The van der Waals surface area contributed by atoms with Crippen LogP contribution in [0.4, 0.5) is 18.9 Å². The molecule has 1 saturated heterocycles. The van der Waals surface area contributed by atoms with Crippen LogP contribution in [0.25, 0.3) is 0 Å². The second-order valence-corrected chi connectivity index (χ2v) is 7.10. The zero-order valence-corrected chi connectivity index (χ0v) is 12.3. The molecule has 0 aliphatic carbocycles. The Morgan fingerprint density at radius 3 is 2.62 bits per heavy atom. The number of sulfonamides is 1. The van der Waals surface area contributed by atoms with E-state index in [1.165, 1.54) is 6.07 Å². The summed E-state index contributed by atoms with van der Waals surface area (Å²) in [5.74, 6) is 0. The molecule has 1 aliphatic rings. The number of nitrogens with one attached hydrogen (secondary N) is 2. The van der Waals surface area contributed by atoms with E-state index in [9.17, 15) is 21.6 Å². The lowest BCUT2D eigenvalue weighted by Crippen LogP contribution is -2.41. The van der Waals surface area contributed by atoms with E-state index in [0.717, 1.165) is 25.1 Å². The molecule has 0 aromatic heterocycles. The second-order valence-electron chi connectivity index (χ2n) is 5.14. The van der Waals surface area contributed by atoms with Crippen molar-refractivity contribution in [3.05, 3.63) is 29.3 Å². The van der Waals surface area contributed by atoms with Crippen LogP contribution in [0.3, 0.4) is 0 Å². The van der Waals surface area contributed by atoms with E-state index in [0.29, 0.717) is 18.5 Å².